The molecule has 0 radical (unpaired) electrons. The lowest BCUT2D eigenvalue weighted by molar-refractivity contribution is -0.738. The van der Waals surface area contributed by atoms with Crippen molar-refractivity contribution in [2.24, 2.45) is 0 Å². The fourth-order valence-electron chi connectivity index (χ4n) is 1.31. The van der Waals surface area contributed by atoms with Crippen LogP contribution in [0.4, 0.5) is 0 Å². The Labute approximate surface area is 74.2 Å². The molecule has 76 valence electrons. The Morgan fingerprint density at radius 1 is 0.929 bits per heavy atom. The molecule has 0 aliphatic carbocycles. The van der Waals surface area contributed by atoms with Crippen molar-refractivity contribution in [3.8, 4) is 0 Å². The van der Waals surface area contributed by atoms with E-state index in [0.29, 0.717) is 5.01 Å². The first kappa shape index (κ1) is 8.21. The summed E-state index contributed by atoms with van der Waals surface area (Å²) in [6.45, 7) is -0.359. The quantitative estimate of drug-likeness (QED) is 0.293. The molecule has 0 bridgehead atoms. The second-order valence-electron chi connectivity index (χ2n) is 2.62. The number of nitro groups is 3. The van der Waals surface area contributed by atoms with Gasteiger partial charge in [-0.3, -0.25) is 0 Å². The zero-order chi connectivity index (χ0) is 10.7. The molecule has 12 nitrogen and oxygen atoms in total. The van der Waals surface area contributed by atoms with E-state index in [1.54, 1.807) is 0 Å². The smallest absolute Gasteiger partial charge is 0.235 e. The Kier molecular flexibility index (Phi) is 1.12. The fraction of sp³-hybridized carbons (Fsp3) is 1.00. The van der Waals surface area contributed by atoms with Crippen LogP contribution in [0.1, 0.15) is 0 Å². The summed E-state index contributed by atoms with van der Waals surface area (Å²) in [5.41, 5.74) is 0. The van der Waals surface area contributed by atoms with Crippen molar-refractivity contribution in [2.75, 3.05) is 6.54 Å². The molecule has 0 unspecified atom stereocenters. The second kappa shape index (κ2) is 1.91. The predicted molar refractivity (Wildman–Crippen MR) is 34.1 cm³/mol. The van der Waals surface area contributed by atoms with Gasteiger partial charge >= 0.3 is 5.79 Å². The Bertz CT molecular complexity index is 332. The van der Waals surface area contributed by atoms with Gasteiger partial charge in [0.1, 0.15) is 0 Å². The molecule has 0 aromatic rings. The molecule has 0 saturated carbocycles. The van der Waals surface area contributed by atoms with Crippen molar-refractivity contribution >= 4 is 0 Å². The minimum atomic E-state index is -1.78. The largest absolute Gasteiger partial charge is 0.431 e. The molecule has 2 fully saturated rings. The topological polar surface area (TPSA) is 138 Å². The van der Waals surface area contributed by atoms with Crippen LogP contribution < -0.4 is 0 Å². The molecular weight excluding hydrogens is 204 g/mol. The summed E-state index contributed by atoms with van der Waals surface area (Å²) in [5, 5.41) is 28.2. The molecule has 2 aliphatic rings. The van der Waals surface area contributed by atoms with E-state index in [1.807, 2.05) is 0 Å². The van der Waals surface area contributed by atoms with E-state index in [4.69, 9.17) is 0 Å². The lowest BCUT2D eigenvalue weighted by Gasteiger charge is -1.83. The minimum absolute atomic E-state index is 0.107. The molecule has 0 atom stereocenters. The summed E-state index contributed by atoms with van der Waals surface area (Å²) in [7, 11) is 0. The highest BCUT2D eigenvalue weighted by Gasteiger charge is 2.98. The van der Waals surface area contributed by atoms with Crippen LogP contribution in [0.2, 0.25) is 0 Å². The highest BCUT2D eigenvalue weighted by Crippen LogP contribution is 2.52. The molecule has 12 heteroatoms. The Morgan fingerprint density at radius 2 is 1.36 bits per heavy atom. The van der Waals surface area contributed by atoms with E-state index >= 15 is 0 Å². The Balaban J connectivity index is 2.20. The van der Waals surface area contributed by atoms with E-state index in [9.17, 15) is 30.3 Å². The van der Waals surface area contributed by atoms with Gasteiger partial charge in [-0.1, -0.05) is 5.01 Å². The van der Waals surface area contributed by atoms with Crippen LogP contribution in [0.25, 0.3) is 0 Å². The van der Waals surface area contributed by atoms with Gasteiger partial charge in [0.2, 0.25) is 0 Å². The van der Waals surface area contributed by atoms with Gasteiger partial charge in [-0.2, -0.15) is 0 Å². The first-order valence-corrected chi connectivity index (χ1v) is 3.24. The predicted octanol–water partition coefficient (Wildman–Crippen LogP) is -1.94. The van der Waals surface area contributed by atoms with Crippen LogP contribution in [0.5, 0.6) is 0 Å². The third kappa shape index (κ3) is 0.668. The Hall–Kier alpha value is -2.40. The van der Waals surface area contributed by atoms with Crippen molar-refractivity contribution in [3.63, 3.8) is 0 Å². The number of hydrogen-bond donors (Lipinski definition) is 0. The molecule has 0 aromatic heterocycles. The van der Waals surface area contributed by atoms with E-state index in [0.717, 1.165) is 0 Å². The molecular formula is C2H2N6O6. The number of hydrogen-bond acceptors (Lipinski definition) is 6. The molecule has 2 heterocycles. The molecule has 2 rings (SSSR count). The van der Waals surface area contributed by atoms with E-state index in [-0.39, 0.29) is 16.8 Å². The van der Waals surface area contributed by atoms with Crippen molar-refractivity contribution in [1.29, 1.82) is 0 Å². The molecule has 2 aliphatic heterocycles. The minimum Gasteiger partial charge on any atom is -0.235 e. The SMILES string of the molecule is O=[N+]([O-])N1CC12N([N+](=O)[O-])N2[N+](=O)[O-]. The molecule has 0 aromatic carbocycles. The maximum absolute atomic E-state index is 10.2. The van der Waals surface area contributed by atoms with Crippen LogP contribution in [0.15, 0.2) is 0 Å². The highest BCUT2D eigenvalue weighted by molar-refractivity contribution is 5.04. The van der Waals surface area contributed by atoms with Gasteiger partial charge in [-0.05, 0) is 0 Å². The van der Waals surface area contributed by atoms with Crippen LogP contribution in [0, 0.1) is 30.3 Å². The molecule has 0 amide bonds. The van der Waals surface area contributed by atoms with Crippen molar-refractivity contribution in [2.45, 2.75) is 5.79 Å². The van der Waals surface area contributed by atoms with Crippen LogP contribution in [0.3, 0.4) is 0 Å². The maximum atomic E-state index is 10.2. The van der Waals surface area contributed by atoms with Crippen molar-refractivity contribution < 1.29 is 15.1 Å². The average Bonchev–Trinajstić information content (AvgIpc) is 2.87. The highest BCUT2D eigenvalue weighted by atomic mass is 16.8. The third-order valence-electron chi connectivity index (χ3n) is 1.96. The third-order valence-corrected chi connectivity index (χ3v) is 1.96. The number of rotatable bonds is 3. The normalized spacial score (nSPS) is 21.0. The zero-order valence-corrected chi connectivity index (χ0v) is 6.34. The summed E-state index contributed by atoms with van der Waals surface area (Å²) in [4.78, 5) is 30.7. The monoisotopic (exact) mass is 206 g/mol. The number of nitrogens with zero attached hydrogens (tertiary/aromatic N) is 6. The lowest BCUT2D eigenvalue weighted by Crippen LogP contribution is -2.18. The van der Waals surface area contributed by atoms with Gasteiger partial charge in [-0.25, -0.2) is 30.3 Å². The Morgan fingerprint density at radius 3 is 1.57 bits per heavy atom. The lowest BCUT2D eigenvalue weighted by atomic mass is 10.7. The van der Waals surface area contributed by atoms with Gasteiger partial charge in [0.25, 0.3) is 0 Å². The van der Waals surface area contributed by atoms with Gasteiger partial charge in [0, 0.05) is 0 Å². The van der Waals surface area contributed by atoms with Gasteiger partial charge in [0.05, 0.1) is 10.2 Å². The van der Waals surface area contributed by atoms with Gasteiger partial charge in [-0.15, -0.1) is 0 Å². The van der Waals surface area contributed by atoms with Crippen molar-refractivity contribution in [1.82, 2.24) is 15.2 Å². The van der Waals surface area contributed by atoms with E-state index in [1.165, 1.54) is 0 Å². The van der Waals surface area contributed by atoms with Crippen LogP contribution in [-0.2, 0) is 0 Å². The molecule has 1 spiro atoms. The molecule has 14 heavy (non-hydrogen) atoms. The summed E-state index contributed by atoms with van der Waals surface area (Å²) in [5.74, 6) is -1.78. The maximum Gasteiger partial charge on any atom is 0.431 e. The standard InChI is InChI=1S/C2H2N6O6/c9-6(10)3-1-2(3)4(7(11)12)5(2)8(13)14/h1H2. The van der Waals surface area contributed by atoms with Gasteiger partial charge < -0.3 is 0 Å². The summed E-state index contributed by atoms with van der Waals surface area (Å²) in [6.07, 6.45) is 0. The average molecular weight is 206 g/mol. The molecule has 0 N–H and O–H groups in total. The van der Waals surface area contributed by atoms with Gasteiger partial charge in [0.15, 0.2) is 21.6 Å². The van der Waals surface area contributed by atoms with Crippen LogP contribution >= 0.6 is 0 Å². The zero-order valence-electron chi connectivity index (χ0n) is 6.34. The number of hydrazine groups is 4. The van der Waals surface area contributed by atoms with Crippen LogP contribution in [-0.4, -0.2) is 42.7 Å². The summed E-state index contributed by atoms with van der Waals surface area (Å²) >= 11 is 0. The van der Waals surface area contributed by atoms with E-state index < -0.39 is 20.9 Å². The first-order chi connectivity index (χ1) is 6.43. The second-order valence-corrected chi connectivity index (χ2v) is 2.62. The molecule has 2 saturated heterocycles. The van der Waals surface area contributed by atoms with Crippen molar-refractivity contribution in [3.05, 3.63) is 30.3 Å². The summed E-state index contributed by atoms with van der Waals surface area (Å²) < 4.78 is 0. The summed E-state index contributed by atoms with van der Waals surface area (Å²) in [6, 6.07) is 0. The fourth-order valence-corrected chi connectivity index (χ4v) is 1.31. The first-order valence-electron chi connectivity index (χ1n) is 3.24. The van der Waals surface area contributed by atoms with E-state index in [2.05, 4.69) is 0 Å².